The molecule has 0 aliphatic heterocycles. The topological polar surface area (TPSA) is 75.3 Å². The van der Waals surface area contributed by atoms with Gasteiger partial charge in [-0.1, -0.05) is 18.2 Å². The highest BCUT2D eigenvalue weighted by atomic mass is 16.3. The van der Waals surface area contributed by atoms with Gasteiger partial charge in [0.1, 0.15) is 12.1 Å². The number of amides is 2. The molecule has 7 heteroatoms. The van der Waals surface area contributed by atoms with Crippen LogP contribution < -0.4 is 10.6 Å². The molecule has 0 radical (unpaired) electrons. The lowest BCUT2D eigenvalue weighted by molar-refractivity contribution is 0.250. The van der Waals surface area contributed by atoms with Gasteiger partial charge in [0.15, 0.2) is 0 Å². The first-order chi connectivity index (χ1) is 17.1. The molecule has 0 saturated heterocycles. The minimum absolute atomic E-state index is 0.206. The summed E-state index contributed by atoms with van der Waals surface area (Å²) in [5.74, 6) is 0.846. The van der Waals surface area contributed by atoms with Gasteiger partial charge in [-0.25, -0.2) is 9.78 Å². The molecular formula is C28H27N5O2. The summed E-state index contributed by atoms with van der Waals surface area (Å²) < 4.78 is 7.57. The van der Waals surface area contributed by atoms with E-state index in [0.717, 1.165) is 51.4 Å². The van der Waals surface area contributed by atoms with Crippen LogP contribution in [0.15, 0.2) is 95.9 Å². The lowest BCUT2D eigenvalue weighted by atomic mass is 10.0. The van der Waals surface area contributed by atoms with Crippen molar-refractivity contribution in [2.24, 2.45) is 0 Å². The van der Waals surface area contributed by atoms with Crippen LogP contribution >= 0.6 is 0 Å². The van der Waals surface area contributed by atoms with E-state index in [2.05, 4.69) is 44.5 Å². The number of carbonyl (C=O) groups excluding carboxylic acids is 1. The average molecular weight is 466 g/mol. The molecule has 0 aliphatic carbocycles. The first-order valence-corrected chi connectivity index (χ1v) is 11.5. The number of nitrogens with zero attached hydrogens (tertiary/aromatic N) is 3. The van der Waals surface area contributed by atoms with Gasteiger partial charge in [0.05, 0.1) is 17.3 Å². The predicted molar refractivity (Wildman–Crippen MR) is 140 cm³/mol. The Hall–Kier alpha value is -4.36. The Morgan fingerprint density at radius 3 is 2.40 bits per heavy atom. The van der Waals surface area contributed by atoms with Crippen LogP contribution in [0.3, 0.4) is 0 Å². The molecule has 0 spiro atoms. The summed E-state index contributed by atoms with van der Waals surface area (Å²) in [5.41, 5.74) is 6.90. The van der Waals surface area contributed by atoms with Crippen molar-refractivity contribution in [1.82, 2.24) is 19.8 Å². The number of benzene rings is 3. The molecule has 0 aliphatic rings. The summed E-state index contributed by atoms with van der Waals surface area (Å²) in [7, 11) is 3.95. The van der Waals surface area contributed by atoms with Crippen molar-refractivity contribution in [2.75, 3.05) is 32.5 Å². The van der Waals surface area contributed by atoms with Gasteiger partial charge >= 0.3 is 6.03 Å². The molecule has 0 bridgehead atoms. The summed E-state index contributed by atoms with van der Waals surface area (Å²) in [6, 6.07) is 25.9. The molecule has 5 rings (SSSR count). The third-order valence-corrected chi connectivity index (χ3v) is 5.82. The monoisotopic (exact) mass is 465 g/mol. The van der Waals surface area contributed by atoms with E-state index in [1.807, 2.05) is 79.9 Å². The second-order valence-corrected chi connectivity index (χ2v) is 8.60. The Labute approximate surface area is 204 Å². The molecule has 3 aromatic carbocycles. The van der Waals surface area contributed by atoms with E-state index in [1.165, 1.54) is 0 Å². The van der Waals surface area contributed by atoms with Crippen LogP contribution in [-0.4, -0.2) is 47.7 Å². The van der Waals surface area contributed by atoms with E-state index in [-0.39, 0.29) is 6.03 Å². The Kier molecular flexibility index (Phi) is 6.32. The van der Waals surface area contributed by atoms with E-state index in [4.69, 9.17) is 4.42 Å². The summed E-state index contributed by atoms with van der Waals surface area (Å²) >= 11 is 0. The third kappa shape index (κ3) is 5.10. The second kappa shape index (κ2) is 9.87. The normalized spacial score (nSPS) is 11.2. The highest BCUT2D eigenvalue weighted by Crippen LogP contribution is 2.28. The SMILES string of the molecule is CN(C)CCNC(=O)Nc1ccc(-c2ccc3ncn(-c4ccc(-c5ccco5)cc4)c3c2)cc1. The molecular weight excluding hydrogens is 438 g/mol. The standard InChI is InChI=1S/C28H27N5O2/c1-32(2)16-15-29-28(34)31-23-10-5-20(6-11-23)22-9-14-25-26(18-22)33(19-30-25)24-12-7-21(8-13-24)27-4-3-17-35-27/h3-14,17-19H,15-16H2,1-2H3,(H2,29,31,34). The number of fused-ring (bicyclic) bond motifs is 1. The average Bonchev–Trinajstić information content (AvgIpc) is 3.54. The van der Waals surface area contributed by atoms with Gasteiger partial charge in [-0.3, -0.25) is 4.57 Å². The number of hydrogen-bond acceptors (Lipinski definition) is 4. The summed E-state index contributed by atoms with van der Waals surface area (Å²) in [4.78, 5) is 18.7. The fourth-order valence-electron chi connectivity index (χ4n) is 3.94. The number of nitrogens with one attached hydrogen (secondary N) is 2. The Balaban J connectivity index is 1.33. The predicted octanol–water partition coefficient (Wildman–Crippen LogP) is 5.64. The molecule has 176 valence electrons. The number of likely N-dealkylation sites (N-methyl/N-ethyl adjacent to an activating group) is 1. The lowest BCUT2D eigenvalue weighted by Crippen LogP contribution is -2.34. The van der Waals surface area contributed by atoms with Gasteiger partial charge in [0.25, 0.3) is 0 Å². The first kappa shape index (κ1) is 22.4. The van der Waals surface area contributed by atoms with E-state index in [1.54, 1.807) is 6.26 Å². The third-order valence-electron chi connectivity index (χ3n) is 5.82. The highest BCUT2D eigenvalue weighted by molar-refractivity contribution is 5.90. The minimum atomic E-state index is -0.206. The Morgan fingerprint density at radius 1 is 0.943 bits per heavy atom. The molecule has 2 N–H and O–H groups in total. The quantitative estimate of drug-likeness (QED) is 0.326. The van der Waals surface area contributed by atoms with Gasteiger partial charge in [-0.05, 0) is 85.9 Å². The van der Waals surface area contributed by atoms with E-state index in [9.17, 15) is 4.79 Å². The minimum Gasteiger partial charge on any atom is -0.464 e. The van der Waals surface area contributed by atoms with E-state index in [0.29, 0.717) is 6.54 Å². The van der Waals surface area contributed by atoms with Crippen LogP contribution in [0.2, 0.25) is 0 Å². The molecule has 5 aromatic rings. The molecule has 0 unspecified atom stereocenters. The van der Waals surface area contributed by atoms with Crippen molar-refractivity contribution in [2.45, 2.75) is 0 Å². The van der Waals surface area contributed by atoms with Crippen LogP contribution in [0.5, 0.6) is 0 Å². The molecule has 2 aromatic heterocycles. The van der Waals surface area contributed by atoms with Crippen LogP contribution in [0, 0.1) is 0 Å². The zero-order valence-corrected chi connectivity index (χ0v) is 19.7. The summed E-state index contributed by atoms with van der Waals surface area (Å²) in [6.45, 7) is 1.38. The lowest BCUT2D eigenvalue weighted by Gasteiger charge is -2.11. The van der Waals surface area contributed by atoms with Crippen LogP contribution in [-0.2, 0) is 0 Å². The molecule has 7 nitrogen and oxygen atoms in total. The van der Waals surface area contributed by atoms with Crippen molar-refractivity contribution in [3.05, 3.63) is 91.5 Å². The molecule has 0 saturated carbocycles. The van der Waals surface area contributed by atoms with Crippen LogP contribution in [0.1, 0.15) is 0 Å². The van der Waals surface area contributed by atoms with Gasteiger partial charge in [0.2, 0.25) is 0 Å². The van der Waals surface area contributed by atoms with Crippen molar-refractivity contribution in [3.8, 4) is 28.1 Å². The number of urea groups is 1. The molecule has 0 atom stereocenters. The maximum Gasteiger partial charge on any atom is 0.319 e. The van der Waals surface area contributed by atoms with Crippen molar-refractivity contribution >= 4 is 22.8 Å². The zero-order chi connectivity index (χ0) is 24.2. The Bertz CT molecular complexity index is 1420. The first-order valence-electron chi connectivity index (χ1n) is 11.5. The van der Waals surface area contributed by atoms with Crippen LogP contribution in [0.25, 0.3) is 39.2 Å². The molecule has 2 heterocycles. The van der Waals surface area contributed by atoms with Crippen molar-refractivity contribution < 1.29 is 9.21 Å². The van der Waals surface area contributed by atoms with Gasteiger partial charge in [-0.2, -0.15) is 0 Å². The van der Waals surface area contributed by atoms with Crippen molar-refractivity contribution in [1.29, 1.82) is 0 Å². The number of anilines is 1. The summed E-state index contributed by atoms with van der Waals surface area (Å²) in [6.07, 6.45) is 3.52. The highest BCUT2D eigenvalue weighted by Gasteiger charge is 2.09. The Morgan fingerprint density at radius 2 is 1.69 bits per heavy atom. The van der Waals surface area contributed by atoms with Gasteiger partial charge in [0, 0.05) is 30.0 Å². The fraction of sp³-hybridized carbons (Fsp3) is 0.143. The molecule has 0 fully saturated rings. The number of hydrogen-bond donors (Lipinski definition) is 2. The second-order valence-electron chi connectivity index (χ2n) is 8.60. The molecule has 2 amide bonds. The number of imidazole rings is 1. The largest absolute Gasteiger partial charge is 0.464 e. The number of furan rings is 1. The summed E-state index contributed by atoms with van der Waals surface area (Å²) in [5, 5.41) is 5.73. The van der Waals surface area contributed by atoms with Crippen LogP contribution in [0.4, 0.5) is 10.5 Å². The number of aromatic nitrogens is 2. The van der Waals surface area contributed by atoms with Gasteiger partial charge in [-0.15, -0.1) is 0 Å². The van der Waals surface area contributed by atoms with E-state index < -0.39 is 0 Å². The number of rotatable bonds is 7. The maximum atomic E-state index is 12.1. The fourth-order valence-corrected chi connectivity index (χ4v) is 3.94. The van der Waals surface area contributed by atoms with Gasteiger partial charge < -0.3 is 20.0 Å². The van der Waals surface area contributed by atoms with Crippen molar-refractivity contribution in [3.63, 3.8) is 0 Å². The van der Waals surface area contributed by atoms with E-state index >= 15 is 0 Å². The maximum absolute atomic E-state index is 12.1. The number of carbonyl (C=O) groups is 1. The zero-order valence-electron chi connectivity index (χ0n) is 19.7. The molecule has 35 heavy (non-hydrogen) atoms. The smallest absolute Gasteiger partial charge is 0.319 e.